The zero-order valence-corrected chi connectivity index (χ0v) is 19.7. The van der Waals surface area contributed by atoms with E-state index in [1.165, 1.54) is 0 Å². The standard InChI is InChI=1S/C21H31N7O2S/c1-6-31-21-25-19(23-11-13(2)3)17-12-24-28(20(17)26-21)10-9-22-18(29)8-7-16-14(4)27-30-15(16)5/h12-13H,6-11H2,1-5H3,(H,22,29)(H,23,25,26). The first-order valence-corrected chi connectivity index (χ1v) is 11.7. The number of fused-ring (bicyclic) bond motifs is 1. The van der Waals surface area contributed by atoms with E-state index in [0.717, 1.165) is 51.3 Å². The van der Waals surface area contributed by atoms with Crippen LogP contribution in [0.15, 0.2) is 15.9 Å². The zero-order chi connectivity index (χ0) is 22.4. The third kappa shape index (κ3) is 5.96. The lowest BCUT2D eigenvalue weighted by Gasteiger charge is -2.11. The molecule has 1 amide bonds. The zero-order valence-electron chi connectivity index (χ0n) is 18.9. The first-order valence-electron chi connectivity index (χ1n) is 10.7. The summed E-state index contributed by atoms with van der Waals surface area (Å²) < 4.78 is 6.98. The number of nitrogens with one attached hydrogen (secondary N) is 2. The van der Waals surface area contributed by atoms with E-state index in [2.05, 4.69) is 51.6 Å². The third-order valence-electron chi connectivity index (χ3n) is 4.86. The van der Waals surface area contributed by atoms with Crippen LogP contribution in [0.1, 0.15) is 44.2 Å². The number of rotatable bonds is 11. The summed E-state index contributed by atoms with van der Waals surface area (Å²) in [5, 5.41) is 16.4. The molecular formula is C21H31N7O2S. The van der Waals surface area contributed by atoms with Gasteiger partial charge >= 0.3 is 0 Å². The van der Waals surface area contributed by atoms with Gasteiger partial charge in [-0.05, 0) is 31.9 Å². The van der Waals surface area contributed by atoms with Crippen molar-refractivity contribution in [3.63, 3.8) is 0 Å². The van der Waals surface area contributed by atoms with E-state index in [1.54, 1.807) is 18.0 Å². The Morgan fingerprint density at radius 3 is 2.77 bits per heavy atom. The second-order valence-corrected chi connectivity index (χ2v) is 9.05. The first-order chi connectivity index (χ1) is 14.9. The highest BCUT2D eigenvalue weighted by atomic mass is 32.2. The minimum Gasteiger partial charge on any atom is -0.369 e. The van der Waals surface area contributed by atoms with Crippen LogP contribution >= 0.6 is 11.8 Å². The number of carbonyl (C=O) groups excluding carboxylic acids is 1. The quantitative estimate of drug-likeness (QED) is 0.341. The van der Waals surface area contributed by atoms with Gasteiger partial charge in [0.05, 0.1) is 23.8 Å². The molecule has 10 heteroatoms. The molecule has 3 aromatic rings. The lowest BCUT2D eigenvalue weighted by atomic mass is 10.1. The monoisotopic (exact) mass is 445 g/mol. The summed E-state index contributed by atoms with van der Waals surface area (Å²) in [4.78, 5) is 21.6. The molecule has 3 heterocycles. The second-order valence-electron chi connectivity index (χ2n) is 7.82. The average molecular weight is 446 g/mol. The predicted octanol–water partition coefficient (Wildman–Crippen LogP) is 3.36. The van der Waals surface area contributed by atoms with Crippen LogP contribution in [0.2, 0.25) is 0 Å². The van der Waals surface area contributed by atoms with Crippen molar-refractivity contribution in [1.29, 1.82) is 0 Å². The third-order valence-corrected chi connectivity index (χ3v) is 5.59. The number of amides is 1. The van der Waals surface area contributed by atoms with Crippen molar-refractivity contribution in [3.8, 4) is 0 Å². The summed E-state index contributed by atoms with van der Waals surface area (Å²) in [6.07, 6.45) is 2.80. The van der Waals surface area contributed by atoms with Gasteiger partial charge in [0.25, 0.3) is 0 Å². The van der Waals surface area contributed by atoms with Gasteiger partial charge in [0, 0.05) is 25.1 Å². The van der Waals surface area contributed by atoms with Gasteiger partial charge in [0.1, 0.15) is 11.6 Å². The van der Waals surface area contributed by atoms with Crippen molar-refractivity contribution in [2.75, 3.05) is 24.2 Å². The molecule has 3 rings (SSSR count). The molecule has 0 aromatic carbocycles. The minimum absolute atomic E-state index is 0.00685. The number of carbonyl (C=O) groups is 1. The van der Waals surface area contributed by atoms with Crippen molar-refractivity contribution < 1.29 is 9.32 Å². The maximum absolute atomic E-state index is 12.3. The SMILES string of the molecule is CCSc1nc(NCC(C)C)c2cnn(CCNC(=O)CCc3c(C)noc3C)c2n1. The smallest absolute Gasteiger partial charge is 0.220 e. The summed E-state index contributed by atoms with van der Waals surface area (Å²) >= 11 is 1.60. The molecule has 0 bridgehead atoms. The second kappa shape index (κ2) is 10.6. The minimum atomic E-state index is -0.00685. The normalized spacial score (nSPS) is 11.4. The van der Waals surface area contributed by atoms with E-state index < -0.39 is 0 Å². The summed E-state index contributed by atoms with van der Waals surface area (Å²) in [7, 11) is 0. The molecule has 0 fully saturated rings. The van der Waals surface area contributed by atoms with E-state index in [0.29, 0.717) is 31.8 Å². The fourth-order valence-electron chi connectivity index (χ4n) is 3.22. The number of hydrogen-bond donors (Lipinski definition) is 2. The molecule has 0 atom stereocenters. The van der Waals surface area contributed by atoms with Crippen LogP contribution in [0.25, 0.3) is 11.0 Å². The molecule has 31 heavy (non-hydrogen) atoms. The molecule has 0 radical (unpaired) electrons. The maximum Gasteiger partial charge on any atom is 0.220 e. The summed E-state index contributed by atoms with van der Waals surface area (Å²) in [6, 6.07) is 0. The van der Waals surface area contributed by atoms with Crippen molar-refractivity contribution in [3.05, 3.63) is 23.2 Å². The molecule has 0 aliphatic heterocycles. The van der Waals surface area contributed by atoms with Crippen LogP contribution in [0.4, 0.5) is 5.82 Å². The Morgan fingerprint density at radius 2 is 2.10 bits per heavy atom. The fraction of sp³-hybridized carbons (Fsp3) is 0.571. The molecule has 2 N–H and O–H groups in total. The van der Waals surface area contributed by atoms with Crippen LogP contribution < -0.4 is 10.6 Å². The van der Waals surface area contributed by atoms with E-state index in [9.17, 15) is 4.79 Å². The van der Waals surface area contributed by atoms with Gasteiger partial charge in [-0.3, -0.25) is 4.79 Å². The molecule has 0 spiro atoms. The fourth-order valence-corrected chi connectivity index (χ4v) is 3.78. The average Bonchev–Trinajstić information content (AvgIpc) is 3.28. The molecule has 0 saturated carbocycles. The summed E-state index contributed by atoms with van der Waals surface area (Å²) in [6.45, 7) is 12.0. The summed E-state index contributed by atoms with van der Waals surface area (Å²) in [5.41, 5.74) is 2.63. The molecule has 0 aliphatic rings. The van der Waals surface area contributed by atoms with Gasteiger partial charge in [-0.2, -0.15) is 5.10 Å². The largest absolute Gasteiger partial charge is 0.369 e. The van der Waals surface area contributed by atoms with E-state index in [4.69, 9.17) is 4.52 Å². The number of anilines is 1. The van der Waals surface area contributed by atoms with Gasteiger partial charge in [0.15, 0.2) is 10.8 Å². The van der Waals surface area contributed by atoms with Crippen molar-refractivity contribution in [2.24, 2.45) is 5.92 Å². The maximum atomic E-state index is 12.3. The van der Waals surface area contributed by atoms with Gasteiger partial charge in [0.2, 0.25) is 5.91 Å². The number of nitrogens with zero attached hydrogens (tertiary/aromatic N) is 5. The molecule has 0 aliphatic carbocycles. The number of hydrogen-bond acceptors (Lipinski definition) is 8. The predicted molar refractivity (Wildman–Crippen MR) is 122 cm³/mol. The number of aryl methyl sites for hydroxylation is 2. The van der Waals surface area contributed by atoms with Crippen LogP contribution in [0, 0.1) is 19.8 Å². The Balaban J connectivity index is 1.62. The van der Waals surface area contributed by atoms with Gasteiger partial charge in [-0.1, -0.05) is 37.7 Å². The van der Waals surface area contributed by atoms with Crippen LogP contribution in [-0.4, -0.2) is 49.7 Å². The highest BCUT2D eigenvalue weighted by Gasteiger charge is 2.14. The molecular weight excluding hydrogens is 414 g/mol. The van der Waals surface area contributed by atoms with E-state index in [1.807, 2.05) is 18.5 Å². The Kier molecular flexibility index (Phi) is 7.89. The van der Waals surface area contributed by atoms with Crippen molar-refractivity contribution in [1.82, 2.24) is 30.2 Å². The number of thioether (sulfide) groups is 1. The molecule has 3 aromatic heterocycles. The van der Waals surface area contributed by atoms with Crippen LogP contribution in [-0.2, 0) is 17.8 Å². The molecule has 168 valence electrons. The highest BCUT2D eigenvalue weighted by Crippen LogP contribution is 2.24. The van der Waals surface area contributed by atoms with Crippen LogP contribution in [0.5, 0.6) is 0 Å². The number of aromatic nitrogens is 5. The van der Waals surface area contributed by atoms with Gasteiger partial charge in [-0.25, -0.2) is 14.6 Å². The lowest BCUT2D eigenvalue weighted by molar-refractivity contribution is -0.121. The lowest BCUT2D eigenvalue weighted by Crippen LogP contribution is -2.27. The Bertz CT molecular complexity index is 1010. The van der Waals surface area contributed by atoms with E-state index in [-0.39, 0.29) is 5.91 Å². The molecule has 0 unspecified atom stereocenters. The van der Waals surface area contributed by atoms with Crippen LogP contribution in [0.3, 0.4) is 0 Å². The van der Waals surface area contributed by atoms with Crippen molar-refractivity contribution >= 4 is 34.5 Å². The highest BCUT2D eigenvalue weighted by molar-refractivity contribution is 7.99. The Labute approximate surface area is 186 Å². The molecule has 9 nitrogen and oxygen atoms in total. The van der Waals surface area contributed by atoms with Crippen molar-refractivity contribution in [2.45, 2.75) is 59.2 Å². The Hall–Kier alpha value is -2.62. The topological polar surface area (TPSA) is 111 Å². The van der Waals surface area contributed by atoms with E-state index >= 15 is 0 Å². The Morgan fingerprint density at radius 1 is 1.29 bits per heavy atom. The van der Waals surface area contributed by atoms with Gasteiger partial charge < -0.3 is 15.2 Å². The first kappa shape index (κ1) is 23.1. The molecule has 0 saturated heterocycles. The summed E-state index contributed by atoms with van der Waals surface area (Å²) in [5.74, 6) is 2.97. The van der Waals surface area contributed by atoms with Gasteiger partial charge in [-0.15, -0.1) is 0 Å².